The van der Waals surface area contributed by atoms with Crippen LogP contribution >= 0.6 is 11.3 Å². The number of nitrogens with zero attached hydrogens (tertiary/aromatic N) is 2. The summed E-state index contributed by atoms with van der Waals surface area (Å²) in [5.74, 6) is -3.52. The number of aromatic nitrogens is 2. The zero-order chi connectivity index (χ0) is 21.0. The van der Waals surface area contributed by atoms with Crippen LogP contribution in [0.2, 0.25) is 0 Å². The van der Waals surface area contributed by atoms with Crippen LogP contribution in [0.3, 0.4) is 0 Å². The van der Waals surface area contributed by atoms with E-state index in [9.17, 15) is 24.3 Å². The van der Waals surface area contributed by atoms with Gasteiger partial charge in [0.15, 0.2) is 5.69 Å². The van der Waals surface area contributed by atoms with E-state index in [0.717, 1.165) is 11.3 Å². The highest BCUT2D eigenvalue weighted by atomic mass is 32.1. The van der Waals surface area contributed by atoms with Crippen molar-refractivity contribution >= 4 is 40.2 Å². The maximum absolute atomic E-state index is 12.6. The van der Waals surface area contributed by atoms with Gasteiger partial charge in [-0.1, -0.05) is 6.92 Å². The normalized spacial score (nSPS) is 10.4. The molecular formula is C17H19N3O7S. The first-order valence-corrected chi connectivity index (χ1v) is 8.99. The summed E-state index contributed by atoms with van der Waals surface area (Å²) in [6.07, 6.45) is 1.84. The molecule has 2 N–H and O–H groups in total. The zero-order valence-corrected chi connectivity index (χ0v) is 16.5. The molecule has 0 aliphatic heterocycles. The maximum atomic E-state index is 12.6. The van der Waals surface area contributed by atoms with E-state index in [-0.39, 0.29) is 27.6 Å². The molecular weight excluding hydrogens is 390 g/mol. The van der Waals surface area contributed by atoms with Crippen molar-refractivity contribution in [2.75, 3.05) is 19.0 Å². The molecule has 0 bridgehead atoms. The molecule has 2 heterocycles. The van der Waals surface area contributed by atoms with Crippen molar-refractivity contribution in [3.8, 4) is 0 Å². The fourth-order valence-corrected chi connectivity index (χ4v) is 3.49. The van der Waals surface area contributed by atoms with E-state index in [2.05, 4.69) is 10.4 Å². The second-order valence-electron chi connectivity index (χ2n) is 5.71. The summed E-state index contributed by atoms with van der Waals surface area (Å²) in [5.41, 5.74) is -0.295. The molecule has 11 heteroatoms. The second-order valence-corrected chi connectivity index (χ2v) is 6.73. The molecule has 2 aromatic rings. The number of carbonyl (C=O) groups excluding carboxylic acids is 3. The lowest BCUT2D eigenvalue weighted by Crippen LogP contribution is -2.17. The summed E-state index contributed by atoms with van der Waals surface area (Å²) >= 11 is 0.843. The average Bonchev–Trinajstić information content (AvgIpc) is 3.19. The summed E-state index contributed by atoms with van der Waals surface area (Å²) in [6, 6.07) is 0. The van der Waals surface area contributed by atoms with Crippen LogP contribution in [0.4, 0.5) is 5.00 Å². The van der Waals surface area contributed by atoms with Crippen LogP contribution in [0.25, 0.3) is 0 Å². The number of ether oxygens (including phenoxy) is 2. The van der Waals surface area contributed by atoms with Gasteiger partial charge in [0.05, 0.1) is 24.8 Å². The Labute approximate surface area is 164 Å². The summed E-state index contributed by atoms with van der Waals surface area (Å²) in [7, 11) is 2.67. The van der Waals surface area contributed by atoms with Crippen molar-refractivity contribution < 1.29 is 33.8 Å². The molecule has 0 aliphatic rings. The third-order valence-electron chi connectivity index (χ3n) is 3.66. The van der Waals surface area contributed by atoms with E-state index in [1.54, 1.807) is 0 Å². The van der Waals surface area contributed by atoms with Crippen molar-refractivity contribution in [3.05, 3.63) is 33.5 Å². The number of thiophene rings is 1. The van der Waals surface area contributed by atoms with Crippen LogP contribution in [0, 0.1) is 6.92 Å². The van der Waals surface area contributed by atoms with E-state index in [4.69, 9.17) is 9.47 Å². The minimum absolute atomic E-state index is 0.0213. The van der Waals surface area contributed by atoms with Crippen LogP contribution < -0.4 is 5.32 Å². The lowest BCUT2D eigenvalue weighted by Gasteiger charge is -2.07. The minimum atomic E-state index is -1.37. The number of aryl methyl sites for hydroxylation is 1. The van der Waals surface area contributed by atoms with Gasteiger partial charge in [0.2, 0.25) is 0 Å². The standard InChI is InChI=1S/C17H19N3O7S/c1-5-6-27-16(24)10-8(2)12(17(25)26-4)28-14(10)18-13(21)9-7-20(3)19-11(9)15(22)23/h7H,5-6H2,1-4H3,(H,18,21)(H,22,23). The molecule has 0 radical (unpaired) electrons. The van der Waals surface area contributed by atoms with Crippen molar-refractivity contribution in [1.82, 2.24) is 9.78 Å². The number of carbonyl (C=O) groups is 4. The molecule has 28 heavy (non-hydrogen) atoms. The first kappa shape index (κ1) is 21.1. The number of hydrogen-bond donors (Lipinski definition) is 2. The van der Waals surface area contributed by atoms with E-state index in [0.29, 0.717) is 12.0 Å². The Balaban J connectivity index is 2.46. The number of carboxylic acids is 1. The molecule has 0 saturated heterocycles. The van der Waals surface area contributed by atoms with Crippen LogP contribution in [-0.4, -0.2) is 52.4 Å². The number of rotatable bonds is 7. The molecule has 0 aromatic carbocycles. The quantitative estimate of drug-likeness (QED) is 0.663. The van der Waals surface area contributed by atoms with Gasteiger partial charge in [-0.15, -0.1) is 11.3 Å². The van der Waals surface area contributed by atoms with Crippen molar-refractivity contribution in [2.24, 2.45) is 7.05 Å². The molecule has 1 amide bonds. The van der Waals surface area contributed by atoms with Crippen LogP contribution in [0.15, 0.2) is 6.20 Å². The smallest absolute Gasteiger partial charge is 0.357 e. The van der Waals surface area contributed by atoms with Crippen LogP contribution in [0.5, 0.6) is 0 Å². The Morgan fingerprint density at radius 2 is 1.96 bits per heavy atom. The molecule has 10 nitrogen and oxygen atoms in total. The van der Waals surface area contributed by atoms with Gasteiger partial charge in [-0.3, -0.25) is 9.48 Å². The highest BCUT2D eigenvalue weighted by Gasteiger charge is 2.29. The van der Waals surface area contributed by atoms with Gasteiger partial charge < -0.3 is 19.9 Å². The predicted octanol–water partition coefficient (Wildman–Crippen LogP) is 2.09. The summed E-state index contributed by atoms with van der Waals surface area (Å²) < 4.78 is 11.0. The van der Waals surface area contributed by atoms with Crippen molar-refractivity contribution in [3.63, 3.8) is 0 Å². The van der Waals surface area contributed by atoms with E-state index in [1.165, 1.54) is 32.0 Å². The van der Waals surface area contributed by atoms with Gasteiger partial charge in [-0.25, -0.2) is 14.4 Å². The summed E-state index contributed by atoms with van der Waals surface area (Å²) in [5, 5.41) is 15.5. The van der Waals surface area contributed by atoms with Crippen molar-refractivity contribution in [1.29, 1.82) is 0 Å². The molecule has 2 aromatic heterocycles. The third-order valence-corrected chi connectivity index (χ3v) is 4.85. The molecule has 0 unspecified atom stereocenters. The van der Waals surface area contributed by atoms with E-state index < -0.39 is 29.5 Å². The first-order chi connectivity index (χ1) is 13.2. The lowest BCUT2D eigenvalue weighted by molar-refractivity contribution is 0.0505. The first-order valence-electron chi connectivity index (χ1n) is 8.18. The summed E-state index contributed by atoms with van der Waals surface area (Å²) in [6.45, 7) is 3.53. The largest absolute Gasteiger partial charge is 0.476 e. The zero-order valence-electron chi connectivity index (χ0n) is 15.7. The number of methoxy groups -OCH3 is 1. The predicted molar refractivity (Wildman–Crippen MR) is 99.1 cm³/mol. The number of hydrogen-bond acceptors (Lipinski definition) is 8. The number of anilines is 1. The van der Waals surface area contributed by atoms with Crippen LogP contribution in [-0.2, 0) is 16.5 Å². The lowest BCUT2D eigenvalue weighted by atomic mass is 10.1. The monoisotopic (exact) mass is 409 g/mol. The number of nitrogens with one attached hydrogen (secondary N) is 1. The topological polar surface area (TPSA) is 137 Å². The Morgan fingerprint density at radius 1 is 1.29 bits per heavy atom. The third kappa shape index (κ3) is 4.19. The van der Waals surface area contributed by atoms with Gasteiger partial charge in [-0.2, -0.15) is 5.10 Å². The number of carboxylic acid groups (broad SMARTS) is 1. The number of amides is 1. The molecule has 0 atom stereocenters. The van der Waals surface area contributed by atoms with E-state index >= 15 is 0 Å². The highest BCUT2D eigenvalue weighted by Crippen LogP contribution is 2.34. The molecule has 0 spiro atoms. The van der Waals surface area contributed by atoms with Gasteiger partial charge in [0.1, 0.15) is 9.88 Å². The Morgan fingerprint density at radius 3 is 2.54 bits per heavy atom. The Bertz CT molecular complexity index is 945. The fourth-order valence-electron chi connectivity index (χ4n) is 2.38. The molecule has 2 rings (SSSR count). The summed E-state index contributed by atoms with van der Waals surface area (Å²) in [4.78, 5) is 48.4. The average molecular weight is 409 g/mol. The molecule has 0 saturated carbocycles. The second kappa shape index (κ2) is 8.65. The fraction of sp³-hybridized carbons (Fsp3) is 0.353. The molecule has 0 fully saturated rings. The van der Waals surface area contributed by atoms with Gasteiger partial charge in [0.25, 0.3) is 5.91 Å². The minimum Gasteiger partial charge on any atom is -0.476 e. The van der Waals surface area contributed by atoms with Crippen molar-refractivity contribution in [2.45, 2.75) is 20.3 Å². The Hall–Kier alpha value is -3.21. The Kier molecular flexibility index (Phi) is 6.52. The van der Waals surface area contributed by atoms with E-state index in [1.807, 2.05) is 6.92 Å². The van der Waals surface area contributed by atoms with Gasteiger partial charge in [0, 0.05) is 13.2 Å². The van der Waals surface area contributed by atoms with Gasteiger partial charge in [-0.05, 0) is 18.9 Å². The number of aromatic carboxylic acids is 1. The SMILES string of the molecule is CCCOC(=O)c1c(NC(=O)c2cn(C)nc2C(=O)O)sc(C(=O)OC)c1C. The maximum Gasteiger partial charge on any atom is 0.357 e. The molecule has 150 valence electrons. The van der Waals surface area contributed by atoms with Crippen LogP contribution in [0.1, 0.15) is 59.8 Å². The molecule has 0 aliphatic carbocycles. The number of esters is 2. The highest BCUT2D eigenvalue weighted by molar-refractivity contribution is 7.18. The van der Waals surface area contributed by atoms with Gasteiger partial charge >= 0.3 is 17.9 Å².